The van der Waals surface area contributed by atoms with Crippen LogP contribution in [0, 0.1) is 5.92 Å². The third-order valence-electron chi connectivity index (χ3n) is 3.21. The lowest BCUT2D eigenvalue weighted by molar-refractivity contribution is -0.174. The fraction of sp³-hybridized carbons (Fsp3) is 0.364. The lowest BCUT2D eigenvalue weighted by Gasteiger charge is -2.22. The summed E-state index contributed by atoms with van der Waals surface area (Å²) in [6.45, 7) is 0. The van der Waals surface area contributed by atoms with Crippen LogP contribution in [0.25, 0.3) is 0 Å². The summed E-state index contributed by atoms with van der Waals surface area (Å²) in [5.74, 6) is -2.11. The van der Waals surface area contributed by atoms with Gasteiger partial charge in [0.15, 0.2) is 0 Å². The third kappa shape index (κ3) is 1.40. The van der Waals surface area contributed by atoms with Gasteiger partial charge in [0.1, 0.15) is 12.1 Å². The van der Waals surface area contributed by atoms with Crippen molar-refractivity contribution in [1.29, 1.82) is 0 Å². The molecule has 0 bridgehead atoms. The summed E-state index contributed by atoms with van der Waals surface area (Å²) in [6.07, 6.45) is -5.82. The van der Waals surface area contributed by atoms with E-state index in [1.807, 2.05) is 0 Å². The standard InChI is InChI=1S/C11H9F3N2O/c12-11(13,14)6-5-9(17)16-8-4-2-1-3-7(8)15-10(6)16/h1-4,6,10,15H,5H2. The van der Waals surface area contributed by atoms with Gasteiger partial charge in [-0.2, -0.15) is 13.2 Å². The number of nitrogens with zero attached hydrogens (tertiary/aromatic N) is 1. The van der Waals surface area contributed by atoms with Crippen molar-refractivity contribution in [3.63, 3.8) is 0 Å². The number of rotatable bonds is 0. The smallest absolute Gasteiger partial charge is 0.363 e. The molecule has 1 fully saturated rings. The van der Waals surface area contributed by atoms with Gasteiger partial charge in [-0.05, 0) is 12.1 Å². The number of carbonyl (C=O) groups is 1. The number of anilines is 2. The Kier molecular flexibility index (Phi) is 1.93. The summed E-state index contributed by atoms with van der Waals surface area (Å²) in [4.78, 5) is 12.9. The first-order valence-electron chi connectivity index (χ1n) is 5.23. The quantitative estimate of drug-likeness (QED) is 0.757. The fourth-order valence-electron chi connectivity index (χ4n) is 2.44. The van der Waals surface area contributed by atoms with E-state index in [9.17, 15) is 18.0 Å². The number of hydrogen-bond acceptors (Lipinski definition) is 2. The maximum absolute atomic E-state index is 12.8. The zero-order valence-corrected chi connectivity index (χ0v) is 8.66. The first-order valence-corrected chi connectivity index (χ1v) is 5.23. The van der Waals surface area contributed by atoms with Crippen LogP contribution in [-0.2, 0) is 4.79 Å². The van der Waals surface area contributed by atoms with Gasteiger partial charge in [0.25, 0.3) is 0 Å². The van der Waals surface area contributed by atoms with Crippen molar-refractivity contribution in [2.24, 2.45) is 5.92 Å². The Hall–Kier alpha value is -1.72. The van der Waals surface area contributed by atoms with Crippen LogP contribution >= 0.6 is 0 Å². The van der Waals surface area contributed by atoms with Gasteiger partial charge in [-0.1, -0.05) is 12.1 Å². The number of amides is 1. The molecule has 2 unspecified atom stereocenters. The molecule has 1 amide bonds. The summed E-state index contributed by atoms with van der Waals surface area (Å²) >= 11 is 0. The molecular weight excluding hydrogens is 233 g/mol. The Morgan fingerprint density at radius 1 is 1.29 bits per heavy atom. The van der Waals surface area contributed by atoms with Gasteiger partial charge in [-0.3, -0.25) is 9.69 Å². The minimum atomic E-state index is -4.36. The molecule has 2 aliphatic heterocycles. The van der Waals surface area contributed by atoms with Crippen LogP contribution in [0.2, 0.25) is 0 Å². The zero-order valence-electron chi connectivity index (χ0n) is 8.66. The van der Waals surface area contributed by atoms with Gasteiger partial charge >= 0.3 is 6.18 Å². The van der Waals surface area contributed by atoms with E-state index in [1.165, 1.54) is 4.90 Å². The Balaban J connectivity index is 2.02. The Morgan fingerprint density at radius 3 is 2.71 bits per heavy atom. The highest BCUT2D eigenvalue weighted by Crippen LogP contribution is 2.46. The van der Waals surface area contributed by atoms with Crippen molar-refractivity contribution in [1.82, 2.24) is 0 Å². The van der Waals surface area contributed by atoms with Crippen molar-refractivity contribution >= 4 is 17.3 Å². The highest BCUT2D eigenvalue weighted by molar-refractivity contribution is 6.02. The molecule has 90 valence electrons. The molecule has 1 aromatic rings. The molecule has 3 nitrogen and oxygen atoms in total. The van der Waals surface area contributed by atoms with E-state index in [1.54, 1.807) is 24.3 Å². The second-order valence-electron chi connectivity index (χ2n) is 4.22. The van der Waals surface area contributed by atoms with Gasteiger partial charge in [-0.15, -0.1) is 0 Å². The first-order chi connectivity index (χ1) is 7.98. The Labute approximate surface area is 95.2 Å². The molecule has 0 spiro atoms. The summed E-state index contributed by atoms with van der Waals surface area (Å²) in [6, 6.07) is 6.76. The van der Waals surface area contributed by atoms with Gasteiger partial charge in [-0.25, -0.2) is 0 Å². The van der Waals surface area contributed by atoms with Crippen molar-refractivity contribution in [3.05, 3.63) is 24.3 Å². The molecule has 0 radical (unpaired) electrons. The number of benzene rings is 1. The highest BCUT2D eigenvalue weighted by atomic mass is 19.4. The molecule has 0 saturated carbocycles. The molecule has 1 aromatic carbocycles. The molecule has 0 aromatic heterocycles. The number of nitrogens with one attached hydrogen (secondary N) is 1. The summed E-state index contributed by atoms with van der Waals surface area (Å²) < 4.78 is 38.3. The number of alkyl halides is 3. The van der Waals surface area contributed by atoms with Crippen LogP contribution in [0.15, 0.2) is 24.3 Å². The number of para-hydroxylation sites is 2. The van der Waals surface area contributed by atoms with Crippen molar-refractivity contribution in [2.75, 3.05) is 10.2 Å². The molecule has 2 aliphatic rings. The largest absolute Gasteiger partial charge is 0.396 e. The van der Waals surface area contributed by atoms with E-state index in [-0.39, 0.29) is 0 Å². The maximum Gasteiger partial charge on any atom is 0.396 e. The number of halogens is 3. The topological polar surface area (TPSA) is 32.3 Å². The van der Waals surface area contributed by atoms with E-state index >= 15 is 0 Å². The first kappa shape index (κ1) is 10.4. The molecule has 1 N–H and O–H groups in total. The average molecular weight is 242 g/mol. The molecule has 6 heteroatoms. The van der Waals surface area contributed by atoms with Crippen LogP contribution < -0.4 is 10.2 Å². The minimum Gasteiger partial charge on any atom is -0.363 e. The maximum atomic E-state index is 12.8. The summed E-state index contributed by atoms with van der Waals surface area (Å²) in [7, 11) is 0. The van der Waals surface area contributed by atoms with Gasteiger partial charge in [0.05, 0.1) is 11.4 Å². The minimum absolute atomic E-state index is 0.477. The average Bonchev–Trinajstić information content (AvgIpc) is 2.75. The third-order valence-corrected chi connectivity index (χ3v) is 3.21. The van der Waals surface area contributed by atoms with Crippen molar-refractivity contribution in [3.8, 4) is 0 Å². The van der Waals surface area contributed by atoms with E-state index in [2.05, 4.69) is 5.32 Å². The second kappa shape index (κ2) is 3.15. The molecule has 2 atom stereocenters. The lowest BCUT2D eigenvalue weighted by atomic mass is 10.1. The molecule has 17 heavy (non-hydrogen) atoms. The van der Waals surface area contributed by atoms with Gasteiger partial charge in [0.2, 0.25) is 5.91 Å². The zero-order chi connectivity index (χ0) is 12.2. The van der Waals surface area contributed by atoms with Crippen LogP contribution in [0.1, 0.15) is 6.42 Å². The Bertz CT molecular complexity index is 486. The Morgan fingerprint density at radius 2 is 2.00 bits per heavy atom. The highest BCUT2D eigenvalue weighted by Gasteiger charge is 2.56. The lowest BCUT2D eigenvalue weighted by Crippen LogP contribution is -2.40. The molecule has 3 rings (SSSR count). The summed E-state index contributed by atoms with van der Waals surface area (Å²) in [5.41, 5.74) is 1.12. The second-order valence-corrected chi connectivity index (χ2v) is 4.22. The van der Waals surface area contributed by atoms with E-state index in [0.29, 0.717) is 11.4 Å². The van der Waals surface area contributed by atoms with Gasteiger partial charge in [0, 0.05) is 6.42 Å². The number of carbonyl (C=O) groups excluding carboxylic acids is 1. The SMILES string of the molecule is O=C1CC(C(F)(F)F)C2Nc3ccccc3N12. The molecule has 2 heterocycles. The predicted molar refractivity (Wildman–Crippen MR) is 55.5 cm³/mol. The monoisotopic (exact) mass is 242 g/mol. The van der Waals surface area contributed by atoms with E-state index < -0.39 is 30.6 Å². The van der Waals surface area contributed by atoms with Crippen LogP contribution in [0.4, 0.5) is 24.5 Å². The van der Waals surface area contributed by atoms with Crippen LogP contribution in [0.5, 0.6) is 0 Å². The van der Waals surface area contributed by atoms with E-state index in [0.717, 1.165) is 0 Å². The van der Waals surface area contributed by atoms with Crippen LogP contribution in [0.3, 0.4) is 0 Å². The fourth-order valence-corrected chi connectivity index (χ4v) is 2.44. The van der Waals surface area contributed by atoms with Crippen LogP contribution in [-0.4, -0.2) is 18.2 Å². The molecule has 1 saturated heterocycles. The van der Waals surface area contributed by atoms with E-state index in [4.69, 9.17) is 0 Å². The molecular formula is C11H9F3N2O. The number of fused-ring (bicyclic) bond motifs is 3. The normalized spacial score (nSPS) is 26.8. The van der Waals surface area contributed by atoms with Crippen molar-refractivity contribution in [2.45, 2.75) is 18.8 Å². The predicted octanol–water partition coefficient (Wildman–Crippen LogP) is 2.35. The van der Waals surface area contributed by atoms with Gasteiger partial charge < -0.3 is 5.32 Å². The molecule has 0 aliphatic carbocycles. The van der Waals surface area contributed by atoms with Crippen molar-refractivity contribution < 1.29 is 18.0 Å². The summed E-state index contributed by atoms with van der Waals surface area (Å²) in [5, 5.41) is 2.77. The number of hydrogen-bond donors (Lipinski definition) is 1.